The number of hydrogen-bond donors (Lipinski definition) is 0. The highest BCUT2D eigenvalue weighted by molar-refractivity contribution is 6.66. The van der Waals surface area contributed by atoms with Gasteiger partial charge >= 0.3 is 5.37 Å². The van der Waals surface area contributed by atoms with Crippen LogP contribution in [0.3, 0.4) is 0 Å². The maximum Gasteiger partial charge on any atom is 0.321 e. The van der Waals surface area contributed by atoms with Crippen molar-refractivity contribution in [1.29, 1.82) is 0 Å². The highest BCUT2D eigenvalue weighted by atomic mass is 35.5. The lowest BCUT2D eigenvalue weighted by Gasteiger charge is -2.36. The van der Waals surface area contributed by atoms with Crippen molar-refractivity contribution in [1.82, 2.24) is 5.16 Å². The fourth-order valence-corrected chi connectivity index (χ4v) is 3.39. The van der Waals surface area contributed by atoms with E-state index >= 15 is 0 Å². The van der Waals surface area contributed by atoms with Crippen LogP contribution in [-0.2, 0) is 6.42 Å². The molecule has 0 radical (unpaired) electrons. The average molecular weight is 275 g/mol. The summed E-state index contributed by atoms with van der Waals surface area (Å²) in [5.74, 6) is 0.892. The highest BCUT2D eigenvalue weighted by Gasteiger charge is 2.40. The number of aryl methyl sites for hydroxylation is 1. The average Bonchev–Trinajstić information content (AvgIpc) is 2.85. The fourth-order valence-electron chi connectivity index (χ4n) is 3.18. The number of nitrogens with zero attached hydrogens (tertiary/aromatic N) is 2. The summed E-state index contributed by atoms with van der Waals surface area (Å²) in [4.78, 5) is 13.5. The zero-order valence-electron chi connectivity index (χ0n) is 10.1. The number of carbonyl (C=O) groups excluding carboxylic acids is 1. The Kier molecular flexibility index (Phi) is 2.23. The van der Waals surface area contributed by atoms with Gasteiger partial charge in [-0.2, -0.15) is 0 Å². The molecule has 0 spiro atoms. The van der Waals surface area contributed by atoms with Gasteiger partial charge < -0.3 is 4.52 Å². The molecule has 0 bridgehead atoms. The predicted octanol–water partition coefficient (Wildman–Crippen LogP) is 3.90. The molecule has 4 rings (SSSR count). The SMILES string of the molecule is O=C(Cl)N1c2ccccc2-c2noc3c2C1CCC3. The molecule has 1 aliphatic heterocycles. The van der Waals surface area contributed by atoms with Crippen LogP contribution in [0.25, 0.3) is 11.3 Å². The van der Waals surface area contributed by atoms with Crippen molar-refractivity contribution in [2.24, 2.45) is 0 Å². The van der Waals surface area contributed by atoms with Crippen LogP contribution in [-0.4, -0.2) is 10.5 Å². The van der Waals surface area contributed by atoms with E-state index in [1.54, 1.807) is 4.90 Å². The second kappa shape index (κ2) is 3.84. The van der Waals surface area contributed by atoms with Crippen LogP contribution in [0.5, 0.6) is 0 Å². The Bertz CT molecular complexity index is 680. The molecule has 0 N–H and O–H groups in total. The van der Waals surface area contributed by atoms with Gasteiger partial charge in [0.2, 0.25) is 0 Å². The summed E-state index contributed by atoms with van der Waals surface area (Å²) < 4.78 is 5.44. The van der Waals surface area contributed by atoms with Crippen LogP contribution < -0.4 is 4.90 Å². The van der Waals surface area contributed by atoms with Gasteiger partial charge in [0.1, 0.15) is 11.5 Å². The first-order chi connectivity index (χ1) is 9.27. The third kappa shape index (κ3) is 1.40. The Morgan fingerprint density at radius 3 is 3.11 bits per heavy atom. The Hall–Kier alpha value is -1.81. The summed E-state index contributed by atoms with van der Waals surface area (Å²) in [5, 5.41) is 3.75. The molecular weight excluding hydrogens is 264 g/mol. The first-order valence-corrected chi connectivity index (χ1v) is 6.71. The van der Waals surface area contributed by atoms with E-state index in [4.69, 9.17) is 16.1 Å². The van der Waals surface area contributed by atoms with E-state index in [1.807, 2.05) is 24.3 Å². The number of benzene rings is 1. The second-order valence-electron chi connectivity index (χ2n) is 4.92. The van der Waals surface area contributed by atoms with Gasteiger partial charge in [0.15, 0.2) is 0 Å². The number of amides is 1. The summed E-state index contributed by atoms with van der Waals surface area (Å²) >= 11 is 5.80. The van der Waals surface area contributed by atoms with Crippen molar-refractivity contribution < 1.29 is 9.32 Å². The molecule has 1 atom stereocenters. The molecule has 1 unspecified atom stereocenters. The molecule has 2 heterocycles. The van der Waals surface area contributed by atoms with Crippen LogP contribution in [0, 0.1) is 0 Å². The molecule has 0 saturated carbocycles. The molecule has 2 aliphatic rings. The third-order valence-electron chi connectivity index (χ3n) is 3.94. The number of fused-ring (bicyclic) bond motifs is 2. The first kappa shape index (κ1) is 11.1. The highest BCUT2D eigenvalue weighted by Crippen LogP contribution is 2.49. The number of anilines is 1. The Morgan fingerprint density at radius 2 is 2.26 bits per heavy atom. The Labute approximate surface area is 114 Å². The smallest absolute Gasteiger partial charge is 0.321 e. The lowest BCUT2D eigenvalue weighted by atomic mass is 9.85. The van der Waals surface area contributed by atoms with E-state index in [9.17, 15) is 4.79 Å². The third-order valence-corrected chi connectivity index (χ3v) is 4.12. The van der Waals surface area contributed by atoms with Gasteiger partial charge in [-0.1, -0.05) is 23.4 Å². The molecule has 2 aromatic rings. The molecule has 1 aromatic carbocycles. The molecule has 1 aromatic heterocycles. The van der Waals surface area contributed by atoms with Crippen molar-refractivity contribution >= 4 is 22.7 Å². The van der Waals surface area contributed by atoms with Gasteiger partial charge in [0.05, 0.1) is 11.7 Å². The molecule has 1 aliphatic carbocycles. The predicted molar refractivity (Wildman–Crippen MR) is 71.3 cm³/mol. The molecule has 96 valence electrons. The number of aromatic nitrogens is 1. The first-order valence-electron chi connectivity index (χ1n) is 6.34. The lowest BCUT2D eigenvalue weighted by Crippen LogP contribution is -2.35. The Morgan fingerprint density at radius 1 is 1.42 bits per heavy atom. The number of para-hydroxylation sites is 1. The van der Waals surface area contributed by atoms with Crippen LogP contribution in [0.4, 0.5) is 10.5 Å². The van der Waals surface area contributed by atoms with Crippen LogP contribution in [0.1, 0.15) is 30.2 Å². The van der Waals surface area contributed by atoms with Crippen molar-refractivity contribution in [2.75, 3.05) is 4.90 Å². The maximum absolute atomic E-state index is 11.8. The van der Waals surface area contributed by atoms with Gasteiger partial charge in [-0.3, -0.25) is 9.69 Å². The fraction of sp³-hybridized carbons (Fsp3) is 0.286. The number of carbonyl (C=O) groups is 1. The molecular formula is C14H11ClN2O2. The number of hydrogen-bond acceptors (Lipinski definition) is 3. The minimum Gasteiger partial charge on any atom is -0.360 e. The summed E-state index contributed by atoms with van der Waals surface area (Å²) in [6.45, 7) is 0. The largest absolute Gasteiger partial charge is 0.360 e. The van der Waals surface area contributed by atoms with Crippen molar-refractivity contribution in [3.8, 4) is 11.3 Å². The zero-order chi connectivity index (χ0) is 13.0. The molecule has 19 heavy (non-hydrogen) atoms. The van der Waals surface area contributed by atoms with Gasteiger partial charge in [-0.15, -0.1) is 0 Å². The topological polar surface area (TPSA) is 46.3 Å². The minimum atomic E-state index is -0.447. The van der Waals surface area contributed by atoms with E-state index in [1.165, 1.54) is 0 Å². The number of halogens is 1. The molecule has 0 fully saturated rings. The van der Waals surface area contributed by atoms with Gasteiger partial charge in [0.25, 0.3) is 0 Å². The molecule has 4 nitrogen and oxygen atoms in total. The van der Waals surface area contributed by atoms with Gasteiger partial charge in [0, 0.05) is 17.5 Å². The summed E-state index contributed by atoms with van der Waals surface area (Å²) in [7, 11) is 0. The van der Waals surface area contributed by atoms with Crippen molar-refractivity contribution in [3.05, 3.63) is 35.6 Å². The van der Waals surface area contributed by atoms with E-state index in [0.29, 0.717) is 0 Å². The molecule has 0 saturated heterocycles. The lowest BCUT2D eigenvalue weighted by molar-refractivity contribution is 0.261. The van der Waals surface area contributed by atoms with Gasteiger partial charge in [-0.25, -0.2) is 0 Å². The summed E-state index contributed by atoms with van der Waals surface area (Å²) in [6.07, 6.45) is 2.76. The maximum atomic E-state index is 11.8. The van der Waals surface area contributed by atoms with E-state index in [-0.39, 0.29) is 6.04 Å². The van der Waals surface area contributed by atoms with Crippen LogP contribution >= 0.6 is 11.6 Å². The summed E-state index contributed by atoms with van der Waals surface area (Å²) in [6, 6.07) is 7.65. The standard InChI is InChI=1S/C14H11ClN2O2/c15-14(18)17-9-5-2-1-4-8(9)13-12-10(17)6-3-7-11(12)19-16-13/h1-2,4-5,10H,3,6-7H2. The second-order valence-corrected chi connectivity index (χ2v) is 5.24. The van der Waals surface area contributed by atoms with Crippen molar-refractivity contribution in [3.63, 3.8) is 0 Å². The van der Waals surface area contributed by atoms with Crippen LogP contribution in [0.2, 0.25) is 0 Å². The number of rotatable bonds is 0. The van der Waals surface area contributed by atoms with Crippen LogP contribution in [0.15, 0.2) is 28.8 Å². The monoisotopic (exact) mass is 274 g/mol. The van der Waals surface area contributed by atoms with Gasteiger partial charge in [-0.05, 0) is 30.5 Å². The zero-order valence-corrected chi connectivity index (χ0v) is 10.9. The minimum absolute atomic E-state index is 0.0371. The van der Waals surface area contributed by atoms with E-state index in [0.717, 1.165) is 47.5 Å². The van der Waals surface area contributed by atoms with Crippen molar-refractivity contribution in [2.45, 2.75) is 25.3 Å². The summed E-state index contributed by atoms with van der Waals surface area (Å²) in [5.41, 5.74) is 3.64. The normalized spacial score (nSPS) is 19.8. The molecule has 5 heteroatoms. The Balaban J connectivity index is 2.04. The van der Waals surface area contributed by atoms with E-state index in [2.05, 4.69) is 5.16 Å². The molecule has 1 amide bonds. The quantitative estimate of drug-likeness (QED) is 0.541. The van der Waals surface area contributed by atoms with E-state index < -0.39 is 5.37 Å².